The smallest absolute Gasteiger partial charge is 0.407 e. The fourth-order valence-corrected chi connectivity index (χ4v) is 2.01. The lowest BCUT2D eigenvalue weighted by Crippen LogP contribution is -2.42. The number of nitrogens with one attached hydrogen (secondary N) is 2. The van der Waals surface area contributed by atoms with Crippen LogP contribution in [0.5, 0.6) is 5.75 Å². The van der Waals surface area contributed by atoms with Crippen molar-refractivity contribution in [3.63, 3.8) is 0 Å². The normalized spacial score (nSPS) is 12.8. The zero-order chi connectivity index (χ0) is 16.8. The number of benzene rings is 1. The van der Waals surface area contributed by atoms with Gasteiger partial charge in [0, 0.05) is 19.1 Å². The van der Waals surface area contributed by atoms with Crippen LogP contribution in [0.25, 0.3) is 0 Å². The second-order valence-corrected chi connectivity index (χ2v) is 6.56. The monoisotopic (exact) mass is 328 g/mol. The van der Waals surface area contributed by atoms with E-state index in [2.05, 4.69) is 10.6 Å². The van der Waals surface area contributed by atoms with E-state index in [4.69, 9.17) is 16.3 Å². The Balaban J connectivity index is 2.42. The molecule has 1 aromatic rings. The first kappa shape index (κ1) is 18.6. The van der Waals surface area contributed by atoms with E-state index < -0.39 is 11.7 Å². The highest BCUT2D eigenvalue weighted by Crippen LogP contribution is 2.23. The molecule has 22 heavy (non-hydrogen) atoms. The summed E-state index contributed by atoms with van der Waals surface area (Å²) in [5.41, 5.74) is 0.473. The molecule has 1 aromatic carbocycles. The number of hydrogen-bond donors (Lipinski definition) is 3. The zero-order valence-corrected chi connectivity index (χ0v) is 14.3. The molecule has 1 rings (SSSR count). The van der Waals surface area contributed by atoms with Crippen molar-refractivity contribution < 1.29 is 14.6 Å². The molecule has 3 N–H and O–H groups in total. The van der Waals surface area contributed by atoms with Crippen LogP contribution in [0, 0.1) is 0 Å². The molecule has 0 bridgehead atoms. The Labute approximate surface area is 137 Å². The van der Waals surface area contributed by atoms with E-state index in [0.717, 1.165) is 12.0 Å². The van der Waals surface area contributed by atoms with Crippen LogP contribution >= 0.6 is 11.6 Å². The van der Waals surface area contributed by atoms with Crippen LogP contribution in [-0.4, -0.2) is 29.4 Å². The molecule has 1 atom stereocenters. The van der Waals surface area contributed by atoms with Crippen LogP contribution in [0.2, 0.25) is 5.02 Å². The molecular weight excluding hydrogens is 304 g/mol. The predicted molar refractivity (Wildman–Crippen MR) is 88.3 cm³/mol. The number of aromatic hydroxyl groups is 1. The minimum atomic E-state index is -0.498. The van der Waals surface area contributed by atoms with E-state index in [9.17, 15) is 9.90 Å². The highest BCUT2D eigenvalue weighted by atomic mass is 35.5. The molecule has 0 fully saturated rings. The quantitative estimate of drug-likeness (QED) is 0.748. The molecule has 0 spiro atoms. The van der Waals surface area contributed by atoms with Gasteiger partial charge >= 0.3 is 6.09 Å². The minimum Gasteiger partial charge on any atom is -0.506 e. The number of phenols is 1. The number of carbonyl (C=O) groups is 1. The van der Waals surface area contributed by atoms with Gasteiger partial charge in [0.15, 0.2) is 0 Å². The molecule has 0 aliphatic carbocycles. The van der Waals surface area contributed by atoms with Gasteiger partial charge in [-0.3, -0.25) is 0 Å². The molecule has 1 amide bonds. The summed E-state index contributed by atoms with van der Waals surface area (Å²) in [5, 5.41) is 15.8. The van der Waals surface area contributed by atoms with E-state index in [1.54, 1.807) is 12.1 Å². The second-order valence-electron chi connectivity index (χ2n) is 6.15. The first-order valence-electron chi connectivity index (χ1n) is 7.39. The van der Waals surface area contributed by atoms with Gasteiger partial charge in [-0.15, -0.1) is 0 Å². The van der Waals surface area contributed by atoms with E-state index in [1.165, 1.54) is 0 Å². The standard InChI is InChI=1S/C16H25ClN2O3/c1-5-12(10-19-15(21)22-16(2,3)4)18-9-11-6-7-14(20)13(17)8-11/h6-8,12,18,20H,5,9-10H2,1-4H3,(H,19,21). The summed E-state index contributed by atoms with van der Waals surface area (Å²) in [4.78, 5) is 11.6. The SMILES string of the molecule is CCC(CNC(=O)OC(C)(C)C)NCc1ccc(O)c(Cl)c1. The lowest BCUT2D eigenvalue weighted by Gasteiger charge is -2.22. The maximum Gasteiger partial charge on any atom is 0.407 e. The Morgan fingerprint density at radius 3 is 2.64 bits per heavy atom. The Morgan fingerprint density at radius 2 is 2.09 bits per heavy atom. The van der Waals surface area contributed by atoms with Crippen molar-refractivity contribution in [2.75, 3.05) is 6.54 Å². The van der Waals surface area contributed by atoms with Gasteiger partial charge < -0.3 is 20.5 Å². The second kappa shape index (κ2) is 8.25. The number of ether oxygens (including phenoxy) is 1. The maximum atomic E-state index is 11.6. The van der Waals surface area contributed by atoms with Crippen LogP contribution in [-0.2, 0) is 11.3 Å². The van der Waals surface area contributed by atoms with Crippen molar-refractivity contribution in [2.45, 2.75) is 52.3 Å². The Morgan fingerprint density at radius 1 is 1.41 bits per heavy atom. The Bertz CT molecular complexity index is 501. The van der Waals surface area contributed by atoms with Gasteiger partial charge in [-0.1, -0.05) is 24.6 Å². The molecular formula is C16H25ClN2O3. The molecule has 0 heterocycles. The number of hydrogen-bond acceptors (Lipinski definition) is 4. The fraction of sp³-hybridized carbons (Fsp3) is 0.562. The lowest BCUT2D eigenvalue weighted by molar-refractivity contribution is 0.0522. The molecule has 0 radical (unpaired) electrons. The van der Waals surface area contributed by atoms with Crippen molar-refractivity contribution in [3.05, 3.63) is 28.8 Å². The topological polar surface area (TPSA) is 70.6 Å². The van der Waals surface area contributed by atoms with E-state index in [0.29, 0.717) is 18.1 Å². The molecule has 0 saturated heterocycles. The van der Waals surface area contributed by atoms with E-state index >= 15 is 0 Å². The average molecular weight is 329 g/mol. The number of carbonyl (C=O) groups excluding carboxylic acids is 1. The minimum absolute atomic E-state index is 0.0732. The van der Waals surface area contributed by atoms with Crippen LogP contribution in [0.4, 0.5) is 4.79 Å². The number of amides is 1. The number of alkyl carbamates (subject to hydrolysis) is 1. The summed E-state index contributed by atoms with van der Waals surface area (Å²) in [6.07, 6.45) is 0.446. The summed E-state index contributed by atoms with van der Waals surface area (Å²) in [7, 11) is 0. The number of halogens is 1. The Hall–Kier alpha value is -1.46. The third-order valence-electron chi connectivity index (χ3n) is 2.99. The van der Waals surface area contributed by atoms with Gasteiger partial charge in [0.05, 0.1) is 5.02 Å². The first-order chi connectivity index (χ1) is 10.2. The summed E-state index contributed by atoms with van der Waals surface area (Å²) in [6.45, 7) is 8.62. The van der Waals surface area contributed by atoms with Crippen molar-refractivity contribution in [3.8, 4) is 5.75 Å². The fourth-order valence-electron chi connectivity index (χ4n) is 1.80. The third-order valence-corrected chi connectivity index (χ3v) is 3.29. The van der Waals surface area contributed by atoms with E-state index in [-0.39, 0.29) is 11.8 Å². The molecule has 1 unspecified atom stereocenters. The van der Waals surface area contributed by atoms with Crippen LogP contribution in [0.3, 0.4) is 0 Å². The summed E-state index contributed by atoms with van der Waals surface area (Å²) in [5.74, 6) is 0.0732. The van der Waals surface area contributed by atoms with Gasteiger partial charge in [0.1, 0.15) is 11.4 Å². The van der Waals surface area contributed by atoms with Crippen molar-refractivity contribution in [1.82, 2.24) is 10.6 Å². The average Bonchev–Trinajstić information content (AvgIpc) is 2.41. The van der Waals surface area contributed by atoms with Crippen LogP contribution < -0.4 is 10.6 Å². The molecule has 0 aliphatic rings. The predicted octanol–water partition coefficient (Wildman–Crippen LogP) is 3.44. The van der Waals surface area contributed by atoms with Crippen molar-refractivity contribution in [1.29, 1.82) is 0 Å². The van der Waals surface area contributed by atoms with Crippen molar-refractivity contribution in [2.24, 2.45) is 0 Å². The first-order valence-corrected chi connectivity index (χ1v) is 7.76. The van der Waals surface area contributed by atoms with Gasteiger partial charge in [-0.25, -0.2) is 4.79 Å². The van der Waals surface area contributed by atoms with Crippen molar-refractivity contribution >= 4 is 17.7 Å². The van der Waals surface area contributed by atoms with Gasteiger partial charge in [0.2, 0.25) is 0 Å². The van der Waals surface area contributed by atoms with Crippen LogP contribution in [0.1, 0.15) is 39.7 Å². The molecule has 0 aliphatic heterocycles. The molecule has 6 heteroatoms. The molecule has 5 nitrogen and oxygen atoms in total. The van der Waals surface area contributed by atoms with Gasteiger partial charge in [-0.05, 0) is 44.9 Å². The highest BCUT2D eigenvalue weighted by molar-refractivity contribution is 6.32. The summed E-state index contributed by atoms with van der Waals surface area (Å²) in [6, 6.07) is 5.22. The largest absolute Gasteiger partial charge is 0.506 e. The van der Waals surface area contributed by atoms with Crippen LogP contribution in [0.15, 0.2) is 18.2 Å². The lowest BCUT2D eigenvalue weighted by atomic mass is 10.1. The molecule has 0 saturated carbocycles. The summed E-state index contributed by atoms with van der Waals surface area (Å²) >= 11 is 5.88. The maximum absolute atomic E-state index is 11.6. The molecule has 0 aromatic heterocycles. The van der Waals surface area contributed by atoms with E-state index in [1.807, 2.05) is 33.8 Å². The number of rotatable bonds is 6. The molecule has 124 valence electrons. The summed E-state index contributed by atoms with van der Waals surface area (Å²) < 4.78 is 5.20. The highest BCUT2D eigenvalue weighted by Gasteiger charge is 2.16. The number of phenolic OH excluding ortho intramolecular Hbond substituents is 1. The van der Waals surface area contributed by atoms with Gasteiger partial charge in [0.25, 0.3) is 0 Å². The Kier molecular flexibility index (Phi) is 6.97. The van der Waals surface area contributed by atoms with Gasteiger partial charge in [-0.2, -0.15) is 0 Å². The third kappa shape index (κ3) is 7.00. The zero-order valence-electron chi connectivity index (χ0n) is 13.6.